The predicted molar refractivity (Wildman–Crippen MR) is 73.3 cm³/mol. The Labute approximate surface area is 105 Å². The minimum absolute atomic E-state index is 0.00457. The molecule has 0 heterocycles. The Balaban J connectivity index is 2.76. The summed E-state index contributed by atoms with van der Waals surface area (Å²) in [4.78, 5) is 0. The van der Waals surface area contributed by atoms with Crippen LogP contribution in [0.5, 0.6) is 0 Å². The normalized spacial score (nSPS) is 13.1. The van der Waals surface area contributed by atoms with E-state index in [1.807, 2.05) is 6.07 Å². The third-order valence-corrected chi connectivity index (χ3v) is 3.40. The van der Waals surface area contributed by atoms with Gasteiger partial charge in [-0.1, -0.05) is 44.2 Å². The average Bonchev–Trinajstić information content (AvgIpc) is 2.35. The van der Waals surface area contributed by atoms with Gasteiger partial charge < -0.3 is 0 Å². The van der Waals surface area contributed by atoms with E-state index in [0.717, 1.165) is 19.3 Å². The van der Waals surface area contributed by atoms with Gasteiger partial charge in [0.05, 0.1) is 0 Å². The van der Waals surface area contributed by atoms with Crippen molar-refractivity contribution in [3.8, 4) is 12.3 Å². The summed E-state index contributed by atoms with van der Waals surface area (Å²) in [6, 6.07) is 10.7. The first kappa shape index (κ1) is 13.8. The maximum atomic E-state index is 5.68. The molecule has 0 bridgehead atoms. The largest absolute Gasteiger partial charge is 0.271 e. The monoisotopic (exact) mass is 230 g/mol. The molecule has 0 radical (unpaired) electrons. The second-order valence-corrected chi connectivity index (χ2v) is 4.90. The maximum absolute atomic E-state index is 5.68. The first-order chi connectivity index (χ1) is 8.12. The highest BCUT2D eigenvalue weighted by atomic mass is 15.2. The SMILES string of the molecule is C#CCCCC(NN)C(C)(C)c1ccccc1. The number of hydrazine groups is 1. The number of nitrogens with two attached hydrogens (primary N) is 1. The van der Waals surface area contributed by atoms with E-state index in [0.29, 0.717) is 0 Å². The van der Waals surface area contributed by atoms with Gasteiger partial charge in [-0.05, 0) is 18.4 Å². The molecule has 0 aromatic heterocycles. The Kier molecular flexibility index (Phi) is 5.21. The summed E-state index contributed by atoms with van der Waals surface area (Å²) in [5.74, 6) is 8.35. The van der Waals surface area contributed by atoms with Gasteiger partial charge in [0.2, 0.25) is 0 Å². The van der Waals surface area contributed by atoms with E-state index in [1.54, 1.807) is 0 Å². The van der Waals surface area contributed by atoms with Gasteiger partial charge in [-0.15, -0.1) is 12.3 Å². The van der Waals surface area contributed by atoms with Crippen molar-refractivity contribution in [2.24, 2.45) is 5.84 Å². The van der Waals surface area contributed by atoms with Gasteiger partial charge in [0.25, 0.3) is 0 Å². The Hall–Kier alpha value is -1.30. The quantitative estimate of drug-likeness (QED) is 0.341. The van der Waals surface area contributed by atoms with Crippen molar-refractivity contribution in [1.82, 2.24) is 5.43 Å². The fourth-order valence-electron chi connectivity index (χ4n) is 2.13. The van der Waals surface area contributed by atoms with E-state index in [4.69, 9.17) is 12.3 Å². The lowest BCUT2D eigenvalue weighted by Gasteiger charge is -2.34. The lowest BCUT2D eigenvalue weighted by molar-refractivity contribution is 0.321. The van der Waals surface area contributed by atoms with Crippen LogP contribution in [-0.2, 0) is 5.41 Å². The molecule has 0 aliphatic heterocycles. The van der Waals surface area contributed by atoms with Crippen molar-refractivity contribution in [1.29, 1.82) is 0 Å². The van der Waals surface area contributed by atoms with Gasteiger partial charge in [-0.3, -0.25) is 11.3 Å². The maximum Gasteiger partial charge on any atom is 0.0302 e. The molecule has 0 fully saturated rings. The summed E-state index contributed by atoms with van der Waals surface area (Å²) < 4.78 is 0. The van der Waals surface area contributed by atoms with Crippen LogP contribution in [0.2, 0.25) is 0 Å². The first-order valence-electron chi connectivity index (χ1n) is 6.08. The average molecular weight is 230 g/mol. The molecule has 0 aliphatic carbocycles. The van der Waals surface area contributed by atoms with E-state index in [2.05, 4.69) is 49.5 Å². The lowest BCUT2D eigenvalue weighted by atomic mass is 9.76. The van der Waals surface area contributed by atoms with Gasteiger partial charge in [-0.25, -0.2) is 0 Å². The highest BCUT2D eigenvalue weighted by Crippen LogP contribution is 2.29. The molecule has 3 N–H and O–H groups in total. The Morgan fingerprint density at radius 3 is 2.53 bits per heavy atom. The number of hydrogen-bond acceptors (Lipinski definition) is 2. The van der Waals surface area contributed by atoms with Crippen molar-refractivity contribution >= 4 is 0 Å². The highest BCUT2D eigenvalue weighted by molar-refractivity contribution is 5.25. The Morgan fingerprint density at radius 2 is 2.00 bits per heavy atom. The topological polar surface area (TPSA) is 38.0 Å². The zero-order valence-corrected chi connectivity index (χ0v) is 10.7. The molecule has 0 saturated carbocycles. The number of rotatable bonds is 6. The van der Waals surface area contributed by atoms with E-state index in [9.17, 15) is 0 Å². The van der Waals surface area contributed by atoms with Crippen LogP contribution in [0.1, 0.15) is 38.7 Å². The molecule has 2 heteroatoms. The minimum atomic E-state index is 0.00457. The molecular weight excluding hydrogens is 208 g/mol. The molecule has 1 aromatic carbocycles. The zero-order chi connectivity index (χ0) is 12.7. The highest BCUT2D eigenvalue weighted by Gasteiger charge is 2.29. The number of hydrogen-bond donors (Lipinski definition) is 2. The van der Waals surface area contributed by atoms with Gasteiger partial charge in [-0.2, -0.15) is 0 Å². The van der Waals surface area contributed by atoms with Crippen LogP contribution in [0.25, 0.3) is 0 Å². The van der Waals surface area contributed by atoms with Gasteiger partial charge in [0.15, 0.2) is 0 Å². The summed E-state index contributed by atoms with van der Waals surface area (Å²) in [5, 5.41) is 0. The fraction of sp³-hybridized carbons (Fsp3) is 0.467. The summed E-state index contributed by atoms with van der Waals surface area (Å²) in [7, 11) is 0. The van der Waals surface area contributed by atoms with Crippen LogP contribution in [0, 0.1) is 12.3 Å². The van der Waals surface area contributed by atoms with E-state index in [1.165, 1.54) is 5.56 Å². The third-order valence-electron chi connectivity index (χ3n) is 3.40. The van der Waals surface area contributed by atoms with Crippen molar-refractivity contribution in [2.75, 3.05) is 0 Å². The van der Waals surface area contributed by atoms with Crippen LogP contribution in [0.15, 0.2) is 30.3 Å². The molecule has 1 unspecified atom stereocenters. The third kappa shape index (κ3) is 3.59. The Bertz CT molecular complexity index is 362. The molecule has 0 aliphatic rings. The second-order valence-electron chi connectivity index (χ2n) is 4.90. The predicted octanol–water partition coefficient (Wildman–Crippen LogP) is 2.60. The summed E-state index contributed by atoms with van der Waals surface area (Å²) in [6.07, 6.45) is 8.07. The fourth-order valence-corrected chi connectivity index (χ4v) is 2.13. The van der Waals surface area contributed by atoms with Crippen LogP contribution in [-0.4, -0.2) is 6.04 Å². The van der Waals surface area contributed by atoms with Crippen molar-refractivity contribution in [3.05, 3.63) is 35.9 Å². The molecule has 1 atom stereocenters. The second kappa shape index (κ2) is 6.44. The molecule has 0 spiro atoms. The minimum Gasteiger partial charge on any atom is -0.271 e. The van der Waals surface area contributed by atoms with Gasteiger partial charge >= 0.3 is 0 Å². The molecule has 1 rings (SSSR count). The summed E-state index contributed by atoms with van der Waals surface area (Å²) in [6.45, 7) is 4.42. The number of nitrogens with one attached hydrogen (secondary N) is 1. The summed E-state index contributed by atoms with van der Waals surface area (Å²) >= 11 is 0. The van der Waals surface area contributed by atoms with Crippen LogP contribution < -0.4 is 11.3 Å². The van der Waals surface area contributed by atoms with Gasteiger partial charge in [0, 0.05) is 17.9 Å². The van der Waals surface area contributed by atoms with Crippen LogP contribution in [0.3, 0.4) is 0 Å². The number of unbranched alkanes of at least 4 members (excludes halogenated alkanes) is 1. The molecule has 92 valence electrons. The van der Waals surface area contributed by atoms with Crippen molar-refractivity contribution in [2.45, 2.75) is 44.6 Å². The standard InChI is InChI=1S/C15H22N2/c1-4-5-7-12-14(17-16)15(2,3)13-10-8-6-9-11-13/h1,6,8-11,14,17H,5,7,12,16H2,2-3H3. The molecule has 2 nitrogen and oxygen atoms in total. The molecular formula is C15H22N2. The van der Waals surface area contributed by atoms with Crippen LogP contribution >= 0.6 is 0 Å². The molecule has 0 amide bonds. The van der Waals surface area contributed by atoms with Gasteiger partial charge in [0.1, 0.15) is 0 Å². The molecule has 1 aromatic rings. The van der Waals surface area contributed by atoms with Crippen molar-refractivity contribution in [3.63, 3.8) is 0 Å². The first-order valence-corrected chi connectivity index (χ1v) is 6.08. The Morgan fingerprint density at radius 1 is 1.35 bits per heavy atom. The van der Waals surface area contributed by atoms with Crippen LogP contribution in [0.4, 0.5) is 0 Å². The molecule has 17 heavy (non-hydrogen) atoms. The summed E-state index contributed by atoms with van der Waals surface area (Å²) in [5.41, 5.74) is 4.23. The van der Waals surface area contributed by atoms with E-state index in [-0.39, 0.29) is 11.5 Å². The zero-order valence-electron chi connectivity index (χ0n) is 10.7. The lowest BCUT2D eigenvalue weighted by Crippen LogP contribution is -2.48. The number of terminal acetylenes is 1. The van der Waals surface area contributed by atoms with E-state index >= 15 is 0 Å². The number of benzene rings is 1. The molecule has 0 saturated heterocycles. The van der Waals surface area contributed by atoms with E-state index < -0.39 is 0 Å². The smallest absolute Gasteiger partial charge is 0.0302 e. The van der Waals surface area contributed by atoms with Crippen molar-refractivity contribution < 1.29 is 0 Å².